The Bertz CT molecular complexity index is 1330. The van der Waals surface area contributed by atoms with Crippen LogP contribution in [0.15, 0.2) is 47.1 Å². The molecule has 0 radical (unpaired) electrons. The minimum atomic E-state index is -1.22. The van der Waals surface area contributed by atoms with Crippen molar-refractivity contribution in [2.75, 3.05) is 19.8 Å². The number of aliphatic hydroxyl groups is 4. The molecule has 0 amide bonds. The normalized spacial score (nSPS) is 38.4. The third-order valence-electron chi connectivity index (χ3n) is 9.52. The summed E-state index contributed by atoms with van der Waals surface area (Å²) in [6.07, 6.45) is 4.03. The highest BCUT2D eigenvalue weighted by molar-refractivity contribution is 5.92. The largest absolute Gasteiger partial charge is 0.388 e. The van der Waals surface area contributed by atoms with Crippen molar-refractivity contribution in [2.45, 2.75) is 69.0 Å². The number of rotatable bonds is 2. The first-order chi connectivity index (χ1) is 17.0. The maximum atomic E-state index is 11.7. The number of allylic oxidation sites excluding steroid dienone is 3. The zero-order valence-electron chi connectivity index (χ0n) is 21.1. The Balaban J connectivity index is 1.38. The SMILES string of the molecule is CN(C)C1CC2(O)CCC3=C(C=C2C(O)C1O)C(O)CC1(C)C(c2ccc4[nH]nc(N)c4c2)=CCC31. The van der Waals surface area contributed by atoms with Crippen LogP contribution in [0.5, 0.6) is 0 Å². The molecular formula is C28H36N4O4. The van der Waals surface area contributed by atoms with Crippen LogP contribution in [0, 0.1) is 11.3 Å². The topological polar surface area (TPSA) is 139 Å². The number of aromatic amines is 1. The Morgan fingerprint density at radius 3 is 2.69 bits per heavy atom. The number of benzene rings is 1. The molecule has 2 aromatic rings. The molecule has 7 atom stereocenters. The molecule has 1 aromatic carbocycles. The number of nitrogen functional groups attached to an aromatic ring is 1. The van der Waals surface area contributed by atoms with Crippen LogP contribution in [-0.4, -0.2) is 79.6 Å². The Labute approximate surface area is 210 Å². The zero-order valence-corrected chi connectivity index (χ0v) is 21.1. The number of aromatic nitrogens is 2. The zero-order chi connectivity index (χ0) is 25.6. The second-order valence-electron chi connectivity index (χ2n) is 11.7. The minimum absolute atomic E-state index is 0.190. The van der Waals surface area contributed by atoms with Crippen LogP contribution in [-0.2, 0) is 0 Å². The molecular weight excluding hydrogens is 456 g/mol. The molecule has 0 bridgehead atoms. The van der Waals surface area contributed by atoms with Gasteiger partial charge in [-0.3, -0.25) is 5.10 Å². The summed E-state index contributed by atoms with van der Waals surface area (Å²) in [5.74, 6) is 0.666. The minimum Gasteiger partial charge on any atom is -0.388 e. The van der Waals surface area contributed by atoms with Gasteiger partial charge in [-0.2, -0.15) is 5.10 Å². The first kappa shape index (κ1) is 23.9. The lowest BCUT2D eigenvalue weighted by Gasteiger charge is -2.46. The van der Waals surface area contributed by atoms with Gasteiger partial charge in [-0.05, 0) is 86.5 Å². The molecule has 6 rings (SSSR count). The van der Waals surface area contributed by atoms with E-state index in [-0.39, 0.29) is 17.4 Å². The fourth-order valence-corrected chi connectivity index (χ4v) is 7.50. The average molecular weight is 493 g/mol. The van der Waals surface area contributed by atoms with Gasteiger partial charge in [0.2, 0.25) is 0 Å². The van der Waals surface area contributed by atoms with Crippen molar-refractivity contribution in [2.24, 2.45) is 11.3 Å². The summed E-state index contributed by atoms with van der Waals surface area (Å²) >= 11 is 0. The van der Waals surface area contributed by atoms with E-state index >= 15 is 0 Å². The van der Waals surface area contributed by atoms with Gasteiger partial charge in [0.05, 0.1) is 23.3 Å². The molecule has 1 fully saturated rings. The average Bonchev–Trinajstić information content (AvgIpc) is 3.31. The highest BCUT2D eigenvalue weighted by Crippen LogP contribution is 2.60. The lowest BCUT2D eigenvalue weighted by atomic mass is 9.61. The molecule has 36 heavy (non-hydrogen) atoms. The molecule has 4 aliphatic carbocycles. The van der Waals surface area contributed by atoms with E-state index in [1.807, 2.05) is 31.1 Å². The summed E-state index contributed by atoms with van der Waals surface area (Å²) in [6.45, 7) is 2.23. The predicted octanol–water partition coefficient (Wildman–Crippen LogP) is 2.12. The molecule has 1 aromatic heterocycles. The third kappa shape index (κ3) is 3.28. The molecule has 1 heterocycles. The number of nitrogens with one attached hydrogen (secondary N) is 1. The van der Waals surface area contributed by atoms with Crippen LogP contribution in [0.25, 0.3) is 16.5 Å². The predicted molar refractivity (Wildman–Crippen MR) is 139 cm³/mol. The number of aliphatic hydroxyl groups excluding tert-OH is 3. The van der Waals surface area contributed by atoms with Gasteiger partial charge in [0, 0.05) is 16.8 Å². The summed E-state index contributed by atoms with van der Waals surface area (Å²) in [5.41, 5.74) is 10.2. The number of likely N-dealkylation sites (N-methyl/N-ethyl adjacent to an activating group) is 1. The fraction of sp³-hybridized carbons (Fsp3) is 0.536. The molecule has 8 heteroatoms. The second-order valence-corrected chi connectivity index (χ2v) is 11.7. The number of nitrogens with two attached hydrogens (primary N) is 1. The van der Waals surface area contributed by atoms with Crippen molar-refractivity contribution in [1.82, 2.24) is 15.1 Å². The monoisotopic (exact) mass is 492 g/mol. The number of fused-ring (bicyclic) bond motifs is 4. The standard InChI is InChI=1S/C28H36N4O4/c1-27-13-23(33)16-11-20-24(34)25(35)22(32(2)3)12-28(20,36)9-8-15(16)19(27)6-5-18(27)14-4-7-21-17(10-14)26(29)31-30-21/h4-5,7,10-11,19,22-25,33-36H,6,8-9,12-13H2,1-3H3,(H3,29,30,31). The van der Waals surface area contributed by atoms with Crippen molar-refractivity contribution in [3.8, 4) is 0 Å². The third-order valence-corrected chi connectivity index (χ3v) is 9.52. The van der Waals surface area contributed by atoms with Crippen molar-refractivity contribution < 1.29 is 20.4 Å². The highest BCUT2D eigenvalue weighted by atomic mass is 16.3. The van der Waals surface area contributed by atoms with E-state index < -0.39 is 23.9 Å². The molecule has 0 saturated heterocycles. The number of anilines is 1. The number of H-pyrrole nitrogens is 1. The quantitative estimate of drug-likeness (QED) is 0.378. The van der Waals surface area contributed by atoms with Gasteiger partial charge in [0.15, 0.2) is 5.82 Å². The van der Waals surface area contributed by atoms with E-state index in [0.29, 0.717) is 37.1 Å². The van der Waals surface area contributed by atoms with Crippen LogP contribution in [0.3, 0.4) is 0 Å². The summed E-state index contributed by atoms with van der Waals surface area (Å²) in [5, 5.41) is 53.0. The number of nitrogens with zero attached hydrogens (tertiary/aromatic N) is 2. The van der Waals surface area contributed by atoms with Crippen LogP contribution in [0.1, 0.15) is 44.6 Å². The molecule has 0 spiro atoms. The first-order valence-electron chi connectivity index (χ1n) is 12.9. The summed E-state index contributed by atoms with van der Waals surface area (Å²) in [7, 11) is 3.71. The molecule has 7 unspecified atom stereocenters. The lowest BCUT2D eigenvalue weighted by molar-refractivity contribution is -0.0922. The lowest BCUT2D eigenvalue weighted by Crippen LogP contribution is -2.58. The van der Waals surface area contributed by atoms with Crippen LogP contribution in [0.2, 0.25) is 0 Å². The Morgan fingerprint density at radius 1 is 1.17 bits per heavy atom. The van der Waals surface area contributed by atoms with Gasteiger partial charge in [0.25, 0.3) is 0 Å². The Morgan fingerprint density at radius 2 is 1.94 bits per heavy atom. The maximum absolute atomic E-state index is 11.7. The van der Waals surface area contributed by atoms with E-state index in [0.717, 1.165) is 34.0 Å². The molecule has 1 saturated carbocycles. The van der Waals surface area contributed by atoms with Gasteiger partial charge in [0.1, 0.15) is 6.10 Å². The first-order valence-corrected chi connectivity index (χ1v) is 12.9. The van der Waals surface area contributed by atoms with Gasteiger partial charge >= 0.3 is 0 Å². The maximum Gasteiger partial charge on any atom is 0.153 e. The Kier molecular flexibility index (Phi) is 5.31. The van der Waals surface area contributed by atoms with Crippen LogP contribution in [0.4, 0.5) is 5.82 Å². The van der Waals surface area contributed by atoms with Gasteiger partial charge in [-0.15, -0.1) is 0 Å². The van der Waals surface area contributed by atoms with Crippen molar-refractivity contribution >= 4 is 22.3 Å². The van der Waals surface area contributed by atoms with Gasteiger partial charge in [-0.25, -0.2) is 0 Å². The van der Waals surface area contributed by atoms with E-state index in [1.165, 1.54) is 5.57 Å². The van der Waals surface area contributed by atoms with Gasteiger partial charge < -0.3 is 31.1 Å². The smallest absolute Gasteiger partial charge is 0.153 e. The highest BCUT2D eigenvalue weighted by Gasteiger charge is 2.53. The van der Waals surface area contributed by atoms with Crippen molar-refractivity contribution in [3.05, 3.63) is 52.6 Å². The molecule has 8 nitrogen and oxygen atoms in total. The number of hydrogen-bond donors (Lipinski definition) is 6. The van der Waals surface area contributed by atoms with Crippen molar-refractivity contribution in [1.29, 1.82) is 0 Å². The molecule has 0 aliphatic heterocycles. The molecule has 4 aliphatic rings. The van der Waals surface area contributed by atoms with E-state index in [1.54, 1.807) is 0 Å². The number of hydrogen-bond acceptors (Lipinski definition) is 7. The van der Waals surface area contributed by atoms with E-state index in [9.17, 15) is 20.4 Å². The summed E-state index contributed by atoms with van der Waals surface area (Å²) in [6, 6.07) is 5.81. The molecule has 192 valence electrons. The van der Waals surface area contributed by atoms with Crippen LogP contribution >= 0.6 is 0 Å². The Hall–Kier alpha value is -2.49. The second kappa shape index (κ2) is 8.00. The van der Waals surface area contributed by atoms with Gasteiger partial charge in [-0.1, -0.05) is 30.7 Å². The van der Waals surface area contributed by atoms with Crippen molar-refractivity contribution in [3.63, 3.8) is 0 Å². The molecule has 7 N–H and O–H groups in total. The van der Waals surface area contributed by atoms with E-state index in [2.05, 4.69) is 35.3 Å². The summed E-state index contributed by atoms with van der Waals surface area (Å²) < 4.78 is 0. The fourth-order valence-electron chi connectivity index (χ4n) is 7.50. The van der Waals surface area contributed by atoms with Crippen LogP contribution < -0.4 is 5.73 Å². The van der Waals surface area contributed by atoms with E-state index in [4.69, 9.17) is 5.73 Å². The summed E-state index contributed by atoms with van der Waals surface area (Å²) in [4.78, 5) is 1.86.